The lowest BCUT2D eigenvalue weighted by Crippen LogP contribution is -2.51. The molecule has 1 atom stereocenters. The lowest BCUT2D eigenvalue weighted by atomic mass is 10.1. The number of carbonyl (C=O) groups excluding carboxylic acids is 1. The molecule has 0 spiro atoms. The van der Waals surface area contributed by atoms with Crippen LogP contribution in [0.5, 0.6) is 0 Å². The van der Waals surface area contributed by atoms with Gasteiger partial charge in [0.1, 0.15) is 0 Å². The first-order valence-corrected chi connectivity index (χ1v) is 6.73. The van der Waals surface area contributed by atoms with Crippen LogP contribution < -0.4 is 5.32 Å². The molecule has 3 rings (SSSR count). The predicted molar refractivity (Wildman–Crippen MR) is 76.3 cm³/mol. The van der Waals surface area contributed by atoms with Crippen LogP contribution in [0.15, 0.2) is 30.5 Å². The number of rotatable bonds is 1. The number of hydrogen-bond donors (Lipinski definition) is 1. The number of fused-ring (bicyclic) bond motifs is 1. The number of piperazine rings is 1. The third-order valence-corrected chi connectivity index (χ3v) is 3.78. The number of carbonyl (C=O) groups is 1. The highest BCUT2D eigenvalue weighted by Crippen LogP contribution is 2.22. The Balaban J connectivity index is 1.97. The SMILES string of the molecule is C[C@@H]1CN(C(=O)c2cn(C)c3ccccc23)CCN1. The summed E-state index contributed by atoms with van der Waals surface area (Å²) >= 11 is 0. The van der Waals surface area contributed by atoms with Gasteiger partial charge in [0.25, 0.3) is 5.91 Å². The normalized spacial score (nSPS) is 19.9. The van der Waals surface area contributed by atoms with E-state index in [9.17, 15) is 4.79 Å². The molecule has 19 heavy (non-hydrogen) atoms. The molecule has 1 fully saturated rings. The van der Waals surface area contributed by atoms with Gasteiger partial charge in [0, 0.05) is 49.8 Å². The molecule has 100 valence electrons. The summed E-state index contributed by atoms with van der Waals surface area (Å²) in [5.41, 5.74) is 1.92. The van der Waals surface area contributed by atoms with Gasteiger partial charge in [-0.25, -0.2) is 0 Å². The van der Waals surface area contributed by atoms with E-state index in [0.717, 1.165) is 36.1 Å². The maximum atomic E-state index is 12.7. The van der Waals surface area contributed by atoms with E-state index in [1.165, 1.54) is 0 Å². The Morgan fingerprint density at radius 1 is 1.37 bits per heavy atom. The molecule has 1 aliphatic heterocycles. The minimum atomic E-state index is 0.144. The molecule has 1 saturated heterocycles. The van der Waals surface area contributed by atoms with Crippen molar-refractivity contribution in [2.45, 2.75) is 13.0 Å². The second-order valence-electron chi connectivity index (χ2n) is 5.28. The maximum absolute atomic E-state index is 12.7. The van der Waals surface area contributed by atoms with Gasteiger partial charge in [-0.1, -0.05) is 18.2 Å². The highest BCUT2D eigenvalue weighted by atomic mass is 16.2. The summed E-state index contributed by atoms with van der Waals surface area (Å²) in [5, 5.41) is 4.40. The summed E-state index contributed by atoms with van der Waals surface area (Å²) in [6.45, 7) is 4.55. The second-order valence-corrected chi connectivity index (χ2v) is 5.28. The molecule has 2 aromatic rings. The predicted octanol–water partition coefficient (Wildman–Crippen LogP) is 1.61. The zero-order valence-corrected chi connectivity index (χ0v) is 11.4. The van der Waals surface area contributed by atoms with Crippen molar-refractivity contribution in [1.82, 2.24) is 14.8 Å². The van der Waals surface area contributed by atoms with Crippen molar-refractivity contribution >= 4 is 16.8 Å². The van der Waals surface area contributed by atoms with E-state index in [-0.39, 0.29) is 5.91 Å². The third-order valence-electron chi connectivity index (χ3n) is 3.78. The van der Waals surface area contributed by atoms with Gasteiger partial charge in [-0.3, -0.25) is 4.79 Å². The molecule has 1 amide bonds. The van der Waals surface area contributed by atoms with Gasteiger partial charge in [-0.2, -0.15) is 0 Å². The Morgan fingerprint density at radius 3 is 2.95 bits per heavy atom. The van der Waals surface area contributed by atoms with Crippen LogP contribution in [0.4, 0.5) is 0 Å². The van der Waals surface area contributed by atoms with Crippen LogP contribution in [0.1, 0.15) is 17.3 Å². The molecule has 1 aliphatic rings. The van der Waals surface area contributed by atoms with Crippen molar-refractivity contribution in [1.29, 1.82) is 0 Å². The Hall–Kier alpha value is -1.81. The Labute approximate surface area is 113 Å². The summed E-state index contributed by atoms with van der Waals surface area (Å²) < 4.78 is 2.02. The molecule has 4 heteroatoms. The summed E-state index contributed by atoms with van der Waals surface area (Å²) in [6.07, 6.45) is 1.94. The quantitative estimate of drug-likeness (QED) is 0.843. The van der Waals surface area contributed by atoms with Gasteiger partial charge in [0.15, 0.2) is 0 Å². The van der Waals surface area contributed by atoms with Crippen LogP contribution in [-0.4, -0.2) is 41.1 Å². The Morgan fingerprint density at radius 2 is 2.16 bits per heavy atom. The molecule has 0 bridgehead atoms. The summed E-state index contributed by atoms with van der Waals surface area (Å²) in [7, 11) is 1.99. The Bertz CT molecular complexity index is 617. The molecule has 1 aromatic carbocycles. The fourth-order valence-electron chi connectivity index (χ4n) is 2.80. The highest BCUT2D eigenvalue weighted by Gasteiger charge is 2.23. The lowest BCUT2D eigenvalue weighted by molar-refractivity contribution is 0.0711. The van der Waals surface area contributed by atoms with E-state index in [1.807, 2.05) is 47.0 Å². The van der Waals surface area contributed by atoms with Crippen LogP contribution in [0.2, 0.25) is 0 Å². The minimum absolute atomic E-state index is 0.144. The van der Waals surface area contributed by atoms with Crippen molar-refractivity contribution in [3.8, 4) is 0 Å². The third kappa shape index (κ3) is 2.12. The molecule has 0 radical (unpaired) electrons. The number of para-hydroxylation sites is 1. The first kappa shape index (κ1) is 12.2. The fourth-order valence-corrected chi connectivity index (χ4v) is 2.80. The number of nitrogens with zero attached hydrogens (tertiary/aromatic N) is 2. The minimum Gasteiger partial charge on any atom is -0.350 e. The number of hydrogen-bond acceptors (Lipinski definition) is 2. The largest absolute Gasteiger partial charge is 0.350 e. The van der Waals surface area contributed by atoms with Crippen molar-refractivity contribution in [2.75, 3.05) is 19.6 Å². The van der Waals surface area contributed by atoms with E-state index in [4.69, 9.17) is 0 Å². The number of benzene rings is 1. The number of amides is 1. The first-order chi connectivity index (χ1) is 9.16. The van der Waals surface area contributed by atoms with E-state index >= 15 is 0 Å². The number of nitrogens with one attached hydrogen (secondary N) is 1. The van der Waals surface area contributed by atoms with Gasteiger partial charge in [0.05, 0.1) is 5.56 Å². The fraction of sp³-hybridized carbons (Fsp3) is 0.400. The van der Waals surface area contributed by atoms with Crippen molar-refractivity contribution in [3.63, 3.8) is 0 Å². The standard InChI is InChI=1S/C15H19N3O/c1-11-9-18(8-7-16-11)15(19)13-10-17(2)14-6-4-3-5-12(13)14/h3-6,10-11,16H,7-9H2,1-2H3/t11-/m1/s1. The molecular weight excluding hydrogens is 238 g/mol. The van der Waals surface area contributed by atoms with Crippen molar-refractivity contribution in [2.24, 2.45) is 7.05 Å². The zero-order valence-electron chi connectivity index (χ0n) is 11.4. The summed E-state index contributed by atoms with van der Waals surface area (Å²) in [4.78, 5) is 14.6. The summed E-state index contributed by atoms with van der Waals surface area (Å²) in [5.74, 6) is 0.144. The van der Waals surface area contributed by atoms with E-state index in [0.29, 0.717) is 6.04 Å². The monoisotopic (exact) mass is 257 g/mol. The molecule has 1 aromatic heterocycles. The van der Waals surface area contributed by atoms with Crippen LogP contribution in [0.25, 0.3) is 10.9 Å². The topological polar surface area (TPSA) is 37.3 Å². The molecule has 0 aliphatic carbocycles. The average molecular weight is 257 g/mol. The van der Waals surface area contributed by atoms with E-state index in [2.05, 4.69) is 12.2 Å². The zero-order chi connectivity index (χ0) is 13.4. The second kappa shape index (κ2) is 4.70. The van der Waals surface area contributed by atoms with Gasteiger partial charge in [-0.15, -0.1) is 0 Å². The van der Waals surface area contributed by atoms with Crippen molar-refractivity contribution in [3.05, 3.63) is 36.0 Å². The van der Waals surface area contributed by atoms with E-state index in [1.54, 1.807) is 0 Å². The first-order valence-electron chi connectivity index (χ1n) is 6.73. The molecule has 4 nitrogen and oxygen atoms in total. The van der Waals surface area contributed by atoms with Gasteiger partial charge in [0.2, 0.25) is 0 Å². The van der Waals surface area contributed by atoms with Gasteiger partial charge < -0.3 is 14.8 Å². The molecule has 1 N–H and O–H groups in total. The lowest BCUT2D eigenvalue weighted by Gasteiger charge is -2.31. The molecule has 0 unspecified atom stereocenters. The van der Waals surface area contributed by atoms with Crippen LogP contribution in [-0.2, 0) is 7.05 Å². The molecule has 2 heterocycles. The number of aromatic nitrogens is 1. The van der Waals surface area contributed by atoms with Gasteiger partial charge >= 0.3 is 0 Å². The summed E-state index contributed by atoms with van der Waals surface area (Å²) in [6, 6.07) is 8.43. The van der Waals surface area contributed by atoms with Crippen molar-refractivity contribution < 1.29 is 4.79 Å². The van der Waals surface area contributed by atoms with Crippen LogP contribution >= 0.6 is 0 Å². The molecule has 0 saturated carbocycles. The molecular formula is C15H19N3O. The number of aryl methyl sites for hydroxylation is 1. The Kier molecular flexibility index (Phi) is 3.03. The highest BCUT2D eigenvalue weighted by molar-refractivity contribution is 6.07. The van der Waals surface area contributed by atoms with Crippen LogP contribution in [0, 0.1) is 0 Å². The maximum Gasteiger partial charge on any atom is 0.256 e. The van der Waals surface area contributed by atoms with Gasteiger partial charge in [-0.05, 0) is 13.0 Å². The van der Waals surface area contributed by atoms with Crippen LogP contribution in [0.3, 0.4) is 0 Å². The van der Waals surface area contributed by atoms with E-state index < -0.39 is 0 Å². The average Bonchev–Trinajstić information content (AvgIpc) is 2.76. The smallest absolute Gasteiger partial charge is 0.256 e.